The van der Waals surface area contributed by atoms with E-state index in [4.69, 9.17) is 0 Å². The van der Waals surface area contributed by atoms with Gasteiger partial charge in [-0.15, -0.1) is 0 Å². The summed E-state index contributed by atoms with van der Waals surface area (Å²) in [6.07, 6.45) is -4.33. The third-order valence-corrected chi connectivity index (χ3v) is 3.35. The van der Waals surface area contributed by atoms with Gasteiger partial charge in [-0.3, -0.25) is 4.98 Å². The van der Waals surface area contributed by atoms with Gasteiger partial charge < -0.3 is 0 Å². The third kappa shape index (κ3) is 2.75. The summed E-state index contributed by atoms with van der Waals surface area (Å²) in [5, 5.41) is 0.969. The first kappa shape index (κ1) is 13.6. The summed E-state index contributed by atoms with van der Waals surface area (Å²) < 4.78 is 38.3. The van der Waals surface area contributed by atoms with E-state index in [-0.39, 0.29) is 0 Å². The summed E-state index contributed by atoms with van der Waals surface area (Å²) >= 11 is 0. The lowest BCUT2D eigenvalue weighted by Gasteiger charge is -2.09. The molecule has 0 saturated carbocycles. The lowest BCUT2D eigenvalue weighted by atomic mass is 10.0. The van der Waals surface area contributed by atoms with Crippen LogP contribution in [0.3, 0.4) is 0 Å². The summed E-state index contributed by atoms with van der Waals surface area (Å²) in [5.74, 6) is 0. The van der Waals surface area contributed by atoms with Gasteiger partial charge in [-0.1, -0.05) is 30.3 Å². The van der Waals surface area contributed by atoms with Crippen LogP contribution in [0.5, 0.6) is 0 Å². The molecule has 1 nitrogen and oxygen atoms in total. The van der Waals surface area contributed by atoms with E-state index < -0.39 is 11.7 Å². The second-order valence-corrected chi connectivity index (χ2v) is 4.94. The predicted octanol–water partition coefficient (Wildman–Crippen LogP) is 5.23. The van der Waals surface area contributed by atoms with E-state index in [9.17, 15) is 13.2 Å². The van der Waals surface area contributed by atoms with Crippen LogP contribution in [0.15, 0.2) is 54.6 Å². The molecule has 0 amide bonds. The molecule has 0 aliphatic rings. The number of aryl methyl sites for hydroxylation is 1. The van der Waals surface area contributed by atoms with Crippen molar-refractivity contribution >= 4 is 10.9 Å². The smallest absolute Gasteiger partial charge is 0.253 e. The van der Waals surface area contributed by atoms with E-state index >= 15 is 0 Å². The molecule has 0 bridgehead atoms. The Hall–Kier alpha value is -2.36. The fraction of sp³-hybridized carbons (Fsp3) is 0.118. The molecule has 2 aromatic carbocycles. The Morgan fingerprint density at radius 2 is 1.57 bits per heavy atom. The fourth-order valence-corrected chi connectivity index (χ4v) is 2.27. The number of pyridine rings is 1. The standard InChI is InChI=1S/C17H12F3N/c1-11-5-6-12-7-8-14(10-16(12)21-11)13-3-2-4-15(9-13)17(18,19)20/h2-10H,1H3. The summed E-state index contributed by atoms with van der Waals surface area (Å²) in [4.78, 5) is 4.41. The molecule has 0 aliphatic carbocycles. The Balaban J connectivity index is 2.12. The van der Waals surface area contributed by atoms with Crippen molar-refractivity contribution in [3.8, 4) is 11.1 Å². The average Bonchev–Trinajstić information content (AvgIpc) is 2.45. The Morgan fingerprint density at radius 1 is 0.857 bits per heavy atom. The Kier molecular flexibility index (Phi) is 3.16. The molecule has 0 spiro atoms. The van der Waals surface area contributed by atoms with Crippen LogP contribution in [0.1, 0.15) is 11.3 Å². The topological polar surface area (TPSA) is 12.9 Å². The highest BCUT2D eigenvalue weighted by Gasteiger charge is 2.30. The van der Waals surface area contributed by atoms with E-state index in [0.29, 0.717) is 5.56 Å². The highest BCUT2D eigenvalue weighted by Crippen LogP contribution is 2.32. The van der Waals surface area contributed by atoms with E-state index in [0.717, 1.165) is 34.3 Å². The number of benzene rings is 2. The first-order chi connectivity index (χ1) is 9.93. The van der Waals surface area contributed by atoms with Gasteiger partial charge in [-0.25, -0.2) is 0 Å². The van der Waals surface area contributed by atoms with E-state index in [1.807, 2.05) is 37.3 Å². The second-order valence-electron chi connectivity index (χ2n) is 4.94. The maximum atomic E-state index is 12.8. The van der Waals surface area contributed by atoms with Gasteiger partial charge in [0.25, 0.3) is 0 Å². The van der Waals surface area contributed by atoms with Crippen molar-refractivity contribution in [3.63, 3.8) is 0 Å². The molecule has 0 unspecified atom stereocenters. The van der Waals surface area contributed by atoms with Crippen LogP contribution in [0.25, 0.3) is 22.0 Å². The highest BCUT2D eigenvalue weighted by atomic mass is 19.4. The predicted molar refractivity (Wildman–Crippen MR) is 76.9 cm³/mol. The molecule has 0 aliphatic heterocycles. The summed E-state index contributed by atoms with van der Waals surface area (Å²) in [6, 6.07) is 14.7. The number of fused-ring (bicyclic) bond motifs is 1. The minimum Gasteiger partial charge on any atom is -0.253 e. The minimum atomic E-state index is -4.33. The zero-order valence-corrected chi connectivity index (χ0v) is 11.3. The Labute approximate surface area is 120 Å². The largest absolute Gasteiger partial charge is 0.416 e. The molecular formula is C17H12F3N. The molecule has 0 saturated heterocycles. The van der Waals surface area contributed by atoms with Crippen LogP contribution in [0.4, 0.5) is 13.2 Å². The molecule has 106 valence electrons. The summed E-state index contributed by atoms with van der Waals surface area (Å²) in [7, 11) is 0. The van der Waals surface area contributed by atoms with Crippen molar-refractivity contribution in [2.24, 2.45) is 0 Å². The van der Waals surface area contributed by atoms with Crippen molar-refractivity contribution in [1.82, 2.24) is 4.98 Å². The maximum Gasteiger partial charge on any atom is 0.416 e. The van der Waals surface area contributed by atoms with Crippen molar-refractivity contribution in [2.75, 3.05) is 0 Å². The number of hydrogen-bond donors (Lipinski definition) is 0. The molecule has 0 atom stereocenters. The SMILES string of the molecule is Cc1ccc2ccc(-c3cccc(C(F)(F)F)c3)cc2n1. The summed E-state index contributed by atoms with van der Waals surface area (Å²) in [5.41, 5.74) is 2.28. The van der Waals surface area contributed by atoms with Gasteiger partial charge >= 0.3 is 6.18 Å². The first-order valence-electron chi connectivity index (χ1n) is 6.48. The molecular weight excluding hydrogens is 275 g/mol. The molecule has 21 heavy (non-hydrogen) atoms. The minimum absolute atomic E-state index is 0.537. The molecule has 4 heteroatoms. The summed E-state index contributed by atoms with van der Waals surface area (Å²) in [6.45, 7) is 1.89. The van der Waals surface area contributed by atoms with Crippen LogP contribution < -0.4 is 0 Å². The number of halogens is 3. The quantitative estimate of drug-likeness (QED) is 0.597. The van der Waals surface area contributed by atoms with Crippen LogP contribution >= 0.6 is 0 Å². The number of aromatic nitrogens is 1. The number of nitrogens with zero attached hydrogens (tertiary/aromatic N) is 1. The molecule has 1 aromatic heterocycles. The van der Waals surface area contributed by atoms with Crippen molar-refractivity contribution < 1.29 is 13.2 Å². The lowest BCUT2D eigenvalue weighted by molar-refractivity contribution is -0.137. The second kappa shape index (κ2) is 4.88. The number of hydrogen-bond acceptors (Lipinski definition) is 1. The van der Waals surface area contributed by atoms with Gasteiger partial charge in [0.15, 0.2) is 0 Å². The molecule has 0 N–H and O–H groups in total. The zero-order valence-electron chi connectivity index (χ0n) is 11.3. The molecule has 1 heterocycles. The maximum absolute atomic E-state index is 12.8. The van der Waals surface area contributed by atoms with Gasteiger partial charge in [-0.2, -0.15) is 13.2 Å². The van der Waals surface area contributed by atoms with Gasteiger partial charge in [0.1, 0.15) is 0 Å². The van der Waals surface area contributed by atoms with Crippen LogP contribution in [0, 0.1) is 6.92 Å². The van der Waals surface area contributed by atoms with Gasteiger partial charge in [0, 0.05) is 11.1 Å². The average molecular weight is 287 g/mol. The number of alkyl halides is 3. The van der Waals surface area contributed by atoms with E-state index in [2.05, 4.69) is 4.98 Å². The Morgan fingerprint density at radius 3 is 2.33 bits per heavy atom. The van der Waals surface area contributed by atoms with Crippen LogP contribution in [-0.4, -0.2) is 4.98 Å². The van der Waals surface area contributed by atoms with E-state index in [1.54, 1.807) is 6.07 Å². The number of rotatable bonds is 1. The zero-order chi connectivity index (χ0) is 15.0. The van der Waals surface area contributed by atoms with Gasteiger partial charge in [0.05, 0.1) is 11.1 Å². The fourth-order valence-electron chi connectivity index (χ4n) is 2.27. The monoisotopic (exact) mass is 287 g/mol. The van der Waals surface area contributed by atoms with Gasteiger partial charge in [-0.05, 0) is 42.3 Å². The van der Waals surface area contributed by atoms with Crippen LogP contribution in [-0.2, 0) is 6.18 Å². The lowest BCUT2D eigenvalue weighted by Crippen LogP contribution is -2.04. The Bertz CT molecular complexity index is 806. The molecule has 0 radical (unpaired) electrons. The van der Waals surface area contributed by atoms with Gasteiger partial charge in [0.2, 0.25) is 0 Å². The molecule has 3 rings (SSSR count). The van der Waals surface area contributed by atoms with Crippen molar-refractivity contribution in [2.45, 2.75) is 13.1 Å². The highest BCUT2D eigenvalue weighted by molar-refractivity contribution is 5.84. The first-order valence-corrected chi connectivity index (χ1v) is 6.48. The van der Waals surface area contributed by atoms with E-state index in [1.165, 1.54) is 6.07 Å². The van der Waals surface area contributed by atoms with Crippen molar-refractivity contribution in [3.05, 3.63) is 65.9 Å². The molecule has 3 aromatic rings. The van der Waals surface area contributed by atoms with Crippen molar-refractivity contribution in [1.29, 1.82) is 0 Å². The van der Waals surface area contributed by atoms with Crippen LogP contribution in [0.2, 0.25) is 0 Å². The third-order valence-electron chi connectivity index (χ3n) is 3.35. The molecule has 0 fully saturated rings. The normalized spacial score (nSPS) is 11.8.